The number of nitrogens with one attached hydrogen (secondary N) is 2. The minimum atomic E-state index is -0.346. The molecule has 22 heavy (non-hydrogen) atoms. The largest absolute Gasteiger partial charge is 0.469 e. The van der Waals surface area contributed by atoms with Gasteiger partial charge in [0.15, 0.2) is 0 Å². The standard InChI is InChI=1S/C15H23N3O4/c1-22-14(20)7-9-18-15(21)12-4-2-11(3-5-12)6-8-17-13(19)10-16/h2-4,12H,5-10,16H2,1H3,(H,17,19)(H,18,21). The number of methoxy groups -OCH3 is 1. The van der Waals surface area contributed by atoms with E-state index >= 15 is 0 Å². The molecule has 1 aliphatic rings. The minimum Gasteiger partial charge on any atom is -0.469 e. The summed E-state index contributed by atoms with van der Waals surface area (Å²) in [5, 5.41) is 5.40. The van der Waals surface area contributed by atoms with Crippen molar-refractivity contribution in [1.82, 2.24) is 10.6 Å². The third-order valence-corrected chi connectivity index (χ3v) is 3.29. The first-order valence-electron chi connectivity index (χ1n) is 7.25. The maximum absolute atomic E-state index is 11.9. The first-order valence-corrected chi connectivity index (χ1v) is 7.25. The highest BCUT2D eigenvalue weighted by molar-refractivity contribution is 5.81. The molecule has 0 aromatic rings. The van der Waals surface area contributed by atoms with E-state index in [2.05, 4.69) is 15.4 Å². The van der Waals surface area contributed by atoms with Gasteiger partial charge in [-0.25, -0.2) is 0 Å². The minimum absolute atomic E-state index is 0.0112. The molecule has 0 bridgehead atoms. The van der Waals surface area contributed by atoms with Crippen molar-refractivity contribution in [3.05, 3.63) is 23.8 Å². The molecule has 1 aliphatic carbocycles. The van der Waals surface area contributed by atoms with E-state index in [4.69, 9.17) is 5.73 Å². The molecule has 7 heteroatoms. The van der Waals surface area contributed by atoms with Crippen LogP contribution in [-0.2, 0) is 19.1 Å². The first-order chi connectivity index (χ1) is 10.6. The molecule has 1 atom stereocenters. The van der Waals surface area contributed by atoms with Crippen LogP contribution < -0.4 is 16.4 Å². The number of ether oxygens (including phenoxy) is 1. The van der Waals surface area contributed by atoms with E-state index in [1.165, 1.54) is 7.11 Å². The predicted octanol–water partition coefficient (Wildman–Crippen LogP) is -0.367. The number of hydrogen-bond acceptors (Lipinski definition) is 5. The molecule has 0 spiro atoms. The molecule has 4 N–H and O–H groups in total. The molecular formula is C15H23N3O4. The van der Waals surface area contributed by atoms with Gasteiger partial charge in [-0.3, -0.25) is 14.4 Å². The topological polar surface area (TPSA) is 111 Å². The number of amides is 2. The zero-order chi connectivity index (χ0) is 16.4. The SMILES string of the molecule is COC(=O)CCNC(=O)C1C=CC(CCNC(=O)CN)=CC1. The van der Waals surface area contributed by atoms with Gasteiger partial charge in [0.1, 0.15) is 0 Å². The fourth-order valence-electron chi connectivity index (χ4n) is 1.98. The summed E-state index contributed by atoms with van der Waals surface area (Å²) in [4.78, 5) is 33.9. The Labute approximate surface area is 130 Å². The number of carbonyl (C=O) groups is 3. The van der Waals surface area contributed by atoms with Gasteiger partial charge in [-0.2, -0.15) is 0 Å². The molecule has 0 aromatic carbocycles. The second-order valence-electron chi connectivity index (χ2n) is 4.90. The molecule has 0 radical (unpaired) electrons. The lowest BCUT2D eigenvalue weighted by atomic mass is 9.94. The van der Waals surface area contributed by atoms with Gasteiger partial charge in [-0.15, -0.1) is 0 Å². The van der Waals surface area contributed by atoms with Crippen LogP contribution in [0.25, 0.3) is 0 Å². The van der Waals surface area contributed by atoms with E-state index < -0.39 is 0 Å². The van der Waals surface area contributed by atoms with Crippen LogP contribution in [0.1, 0.15) is 19.3 Å². The van der Waals surface area contributed by atoms with Crippen LogP contribution in [0.3, 0.4) is 0 Å². The molecule has 122 valence electrons. The molecule has 0 saturated heterocycles. The summed E-state index contributed by atoms with van der Waals surface area (Å²) in [6.45, 7) is 0.794. The highest BCUT2D eigenvalue weighted by Gasteiger charge is 2.17. The molecule has 0 heterocycles. The molecule has 1 unspecified atom stereocenters. The van der Waals surface area contributed by atoms with E-state index in [0.29, 0.717) is 19.4 Å². The van der Waals surface area contributed by atoms with E-state index in [9.17, 15) is 14.4 Å². The van der Waals surface area contributed by atoms with Crippen molar-refractivity contribution in [1.29, 1.82) is 0 Å². The highest BCUT2D eigenvalue weighted by atomic mass is 16.5. The van der Waals surface area contributed by atoms with Gasteiger partial charge in [0.05, 0.1) is 26.0 Å². The van der Waals surface area contributed by atoms with Gasteiger partial charge in [-0.1, -0.05) is 23.8 Å². The maximum atomic E-state index is 11.9. The Hall–Kier alpha value is -2.15. The highest BCUT2D eigenvalue weighted by Crippen LogP contribution is 2.18. The predicted molar refractivity (Wildman–Crippen MR) is 81.7 cm³/mol. The van der Waals surface area contributed by atoms with E-state index in [0.717, 1.165) is 5.57 Å². The molecule has 0 aliphatic heterocycles. The third kappa shape index (κ3) is 6.53. The second kappa shape index (κ2) is 9.73. The van der Waals surface area contributed by atoms with Gasteiger partial charge < -0.3 is 21.1 Å². The Morgan fingerprint density at radius 2 is 2.09 bits per heavy atom. The average Bonchev–Trinajstić information content (AvgIpc) is 2.54. The maximum Gasteiger partial charge on any atom is 0.307 e. The molecule has 7 nitrogen and oxygen atoms in total. The lowest BCUT2D eigenvalue weighted by Gasteiger charge is -2.16. The smallest absolute Gasteiger partial charge is 0.307 e. The molecule has 0 aromatic heterocycles. The van der Waals surface area contributed by atoms with Crippen LogP contribution in [0.15, 0.2) is 23.8 Å². The molecule has 2 amide bonds. The monoisotopic (exact) mass is 309 g/mol. The normalized spacial score (nSPS) is 16.6. The van der Waals surface area contributed by atoms with Crippen molar-refractivity contribution in [2.45, 2.75) is 19.3 Å². The number of allylic oxidation sites excluding steroid dienone is 2. The van der Waals surface area contributed by atoms with Gasteiger partial charge in [0.2, 0.25) is 11.8 Å². The van der Waals surface area contributed by atoms with Gasteiger partial charge in [0.25, 0.3) is 0 Å². The lowest BCUT2D eigenvalue weighted by molar-refractivity contribution is -0.140. The zero-order valence-electron chi connectivity index (χ0n) is 12.8. The summed E-state index contributed by atoms with van der Waals surface area (Å²) in [5.74, 6) is -0.851. The number of rotatable bonds is 8. The summed E-state index contributed by atoms with van der Waals surface area (Å²) in [7, 11) is 1.32. The van der Waals surface area contributed by atoms with Crippen LogP contribution in [0.2, 0.25) is 0 Å². The van der Waals surface area contributed by atoms with Crippen LogP contribution >= 0.6 is 0 Å². The van der Waals surface area contributed by atoms with Gasteiger partial charge >= 0.3 is 5.97 Å². The summed E-state index contributed by atoms with van der Waals surface area (Å²) in [5.41, 5.74) is 6.28. The Balaban J connectivity index is 2.25. The molecule has 1 rings (SSSR count). The average molecular weight is 309 g/mol. The van der Waals surface area contributed by atoms with Crippen LogP contribution in [0.5, 0.6) is 0 Å². The third-order valence-electron chi connectivity index (χ3n) is 3.29. The van der Waals surface area contributed by atoms with E-state index in [1.54, 1.807) is 0 Å². The Morgan fingerprint density at radius 1 is 1.32 bits per heavy atom. The van der Waals surface area contributed by atoms with Crippen LogP contribution in [-0.4, -0.2) is 44.5 Å². The fourth-order valence-corrected chi connectivity index (χ4v) is 1.98. The van der Waals surface area contributed by atoms with Crippen molar-refractivity contribution in [2.24, 2.45) is 11.7 Å². The Kier molecular flexibility index (Phi) is 7.91. The zero-order valence-corrected chi connectivity index (χ0v) is 12.8. The number of nitrogens with two attached hydrogens (primary N) is 1. The molecular weight excluding hydrogens is 286 g/mol. The van der Waals surface area contributed by atoms with Crippen molar-refractivity contribution in [2.75, 3.05) is 26.7 Å². The van der Waals surface area contributed by atoms with Crippen LogP contribution in [0, 0.1) is 5.92 Å². The molecule has 0 fully saturated rings. The summed E-state index contributed by atoms with van der Waals surface area (Å²) in [6.07, 6.45) is 7.20. The Morgan fingerprint density at radius 3 is 2.68 bits per heavy atom. The van der Waals surface area contributed by atoms with E-state index in [-0.39, 0.29) is 43.2 Å². The number of carbonyl (C=O) groups excluding carboxylic acids is 3. The Bertz CT molecular complexity index is 471. The molecule has 0 saturated carbocycles. The first kappa shape index (κ1) is 17.9. The van der Waals surface area contributed by atoms with Crippen molar-refractivity contribution in [3.8, 4) is 0 Å². The second-order valence-corrected chi connectivity index (χ2v) is 4.90. The van der Waals surface area contributed by atoms with Gasteiger partial charge in [0, 0.05) is 13.1 Å². The lowest BCUT2D eigenvalue weighted by Crippen LogP contribution is -2.32. The van der Waals surface area contributed by atoms with Crippen LogP contribution in [0.4, 0.5) is 0 Å². The summed E-state index contributed by atoms with van der Waals surface area (Å²) < 4.78 is 4.50. The van der Waals surface area contributed by atoms with Crippen molar-refractivity contribution >= 4 is 17.8 Å². The van der Waals surface area contributed by atoms with E-state index in [1.807, 2.05) is 18.2 Å². The van der Waals surface area contributed by atoms with Gasteiger partial charge in [-0.05, 0) is 12.8 Å². The number of hydrogen-bond donors (Lipinski definition) is 3. The van der Waals surface area contributed by atoms with Crippen molar-refractivity contribution < 1.29 is 19.1 Å². The summed E-state index contributed by atoms with van der Waals surface area (Å²) in [6, 6.07) is 0. The number of esters is 1. The van der Waals surface area contributed by atoms with Crippen molar-refractivity contribution in [3.63, 3.8) is 0 Å². The fraction of sp³-hybridized carbons (Fsp3) is 0.533. The quantitative estimate of drug-likeness (QED) is 0.530. The summed E-state index contributed by atoms with van der Waals surface area (Å²) >= 11 is 0.